The highest BCUT2D eigenvalue weighted by atomic mass is 16.7. The molecule has 0 aromatic carbocycles. The van der Waals surface area contributed by atoms with E-state index in [-0.39, 0.29) is 6.41 Å². The molecule has 0 aliphatic carbocycles. The van der Waals surface area contributed by atoms with E-state index in [4.69, 9.17) is 9.47 Å². The topological polar surface area (TPSA) is 21.7 Å². The minimum atomic E-state index is -0.0139. The van der Waals surface area contributed by atoms with E-state index in [1.807, 2.05) is 0 Å². The maximum Gasteiger partial charge on any atom is 0.219 e. The van der Waals surface area contributed by atoms with Crippen molar-refractivity contribution in [1.82, 2.24) is 4.90 Å². The molecular weight excluding hydrogens is 118 g/mol. The molecule has 0 saturated carbocycles. The Kier molecular flexibility index (Phi) is 1.22. The average molecular weight is 129 g/mol. The maximum atomic E-state index is 5.39. The van der Waals surface area contributed by atoms with Crippen molar-refractivity contribution in [3.63, 3.8) is 0 Å². The molecule has 2 unspecified atom stereocenters. The number of hydrogen-bond donors (Lipinski definition) is 0. The molecule has 2 heterocycles. The summed E-state index contributed by atoms with van der Waals surface area (Å²) in [5.74, 6) is 0. The first-order valence-electron chi connectivity index (χ1n) is 3.37. The second kappa shape index (κ2) is 1.94. The summed E-state index contributed by atoms with van der Waals surface area (Å²) < 4.78 is 10.6. The summed E-state index contributed by atoms with van der Waals surface area (Å²) in [4.78, 5) is 2.21. The minimum absolute atomic E-state index is 0.0139. The van der Waals surface area contributed by atoms with Crippen molar-refractivity contribution in [3.05, 3.63) is 0 Å². The molecule has 3 nitrogen and oxygen atoms in total. The van der Waals surface area contributed by atoms with E-state index in [9.17, 15) is 0 Å². The van der Waals surface area contributed by atoms with Crippen LogP contribution in [0.1, 0.15) is 6.92 Å². The summed E-state index contributed by atoms with van der Waals surface area (Å²) in [6, 6.07) is 0. The first kappa shape index (κ1) is 5.65. The quantitative estimate of drug-likeness (QED) is 0.460. The van der Waals surface area contributed by atoms with E-state index in [1.165, 1.54) is 0 Å². The van der Waals surface area contributed by atoms with Crippen molar-refractivity contribution in [3.8, 4) is 0 Å². The van der Waals surface area contributed by atoms with E-state index in [0.29, 0.717) is 6.10 Å². The molecule has 0 aromatic heterocycles. The van der Waals surface area contributed by atoms with E-state index < -0.39 is 0 Å². The Labute approximate surface area is 54.5 Å². The van der Waals surface area contributed by atoms with Gasteiger partial charge in [0.2, 0.25) is 6.41 Å². The van der Waals surface area contributed by atoms with Gasteiger partial charge >= 0.3 is 0 Å². The lowest BCUT2D eigenvalue weighted by Crippen LogP contribution is -2.23. The van der Waals surface area contributed by atoms with Gasteiger partial charge in [-0.25, -0.2) is 0 Å². The molecule has 2 rings (SSSR count). The van der Waals surface area contributed by atoms with Crippen molar-refractivity contribution in [2.24, 2.45) is 0 Å². The Morgan fingerprint density at radius 3 is 3.22 bits per heavy atom. The standard InChI is InChI=1S/C6H11NO2/c1-5-4-7-2-3-8-6(7)9-5/h5-6H,2-4H2,1H3. The van der Waals surface area contributed by atoms with Crippen LogP contribution >= 0.6 is 0 Å². The fraction of sp³-hybridized carbons (Fsp3) is 1.00. The van der Waals surface area contributed by atoms with E-state index in [0.717, 1.165) is 19.7 Å². The summed E-state index contributed by atoms with van der Waals surface area (Å²) in [6.45, 7) is 4.97. The van der Waals surface area contributed by atoms with Crippen LogP contribution in [-0.4, -0.2) is 37.1 Å². The van der Waals surface area contributed by atoms with Crippen molar-refractivity contribution in [2.45, 2.75) is 19.4 Å². The van der Waals surface area contributed by atoms with Crippen LogP contribution in [0.3, 0.4) is 0 Å². The SMILES string of the molecule is CC1CN2CCOC2O1. The summed E-state index contributed by atoms with van der Waals surface area (Å²) in [7, 11) is 0. The van der Waals surface area contributed by atoms with Crippen LogP contribution in [0.4, 0.5) is 0 Å². The maximum absolute atomic E-state index is 5.39. The average Bonchev–Trinajstić information content (AvgIpc) is 2.22. The highest BCUT2D eigenvalue weighted by molar-refractivity contribution is 4.73. The molecule has 0 N–H and O–H groups in total. The van der Waals surface area contributed by atoms with Gasteiger partial charge in [0.15, 0.2) is 0 Å². The second-order valence-electron chi connectivity index (χ2n) is 2.62. The zero-order valence-electron chi connectivity index (χ0n) is 5.54. The molecule has 9 heavy (non-hydrogen) atoms. The lowest BCUT2D eigenvalue weighted by Gasteiger charge is -2.08. The molecular formula is C6H11NO2. The number of hydrogen-bond acceptors (Lipinski definition) is 3. The minimum Gasteiger partial charge on any atom is -0.338 e. The molecule has 0 spiro atoms. The first-order chi connectivity index (χ1) is 4.36. The first-order valence-corrected chi connectivity index (χ1v) is 3.37. The van der Waals surface area contributed by atoms with Gasteiger partial charge in [-0.05, 0) is 6.92 Å². The fourth-order valence-corrected chi connectivity index (χ4v) is 1.36. The van der Waals surface area contributed by atoms with Gasteiger partial charge in [-0.15, -0.1) is 0 Å². The lowest BCUT2D eigenvalue weighted by atomic mass is 10.4. The molecule has 2 fully saturated rings. The molecule has 2 aliphatic rings. The van der Waals surface area contributed by atoms with Crippen LogP contribution in [-0.2, 0) is 9.47 Å². The molecule has 2 aliphatic heterocycles. The monoisotopic (exact) mass is 129 g/mol. The molecule has 2 atom stereocenters. The van der Waals surface area contributed by atoms with E-state index in [1.54, 1.807) is 0 Å². The second-order valence-corrected chi connectivity index (χ2v) is 2.62. The molecule has 0 amide bonds. The van der Waals surface area contributed by atoms with Gasteiger partial charge in [-0.1, -0.05) is 0 Å². The Bertz CT molecular complexity index is 106. The van der Waals surface area contributed by atoms with Crippen LogP contribution in [0.5, 0.6) is 0 Å². The van der Waals surface area contributed by atoms with Crippen LogP contribution in [0.15, 0.2) is 0 Å². The van der Waals surface area contributed by atoms with Crippen LogP contribution in [0.2, 0.25) is 0 Å². The van der Waals surface area contributed by atoms with Crippen LogP contribution < -0.4 is 0 Å². The third kappa shape index (κ3) is 0.852. The third-order valence-corrected chi connectivity index (χ3v) is 1.78. The van der Waals surface area contributed by atoms with Crippen molar-refractivity contribution in [1.29, 1.82) is 0 Å². The molecule has 3 heteroatoms. The van der Waals surface area contributed by atoms with Crippen molar-refractivity contribution < 1.29 is 9.47 Å². The fourth-order valence-electron chi connectivity index (χ4n) is 1.36. The predicted molar refractivity (Wildman–Crippen MR) is 31.9 cm³/mol. The largest absolute Gasteiger partial charge is 0.338 e. The zero-order chi connectivity index (χ0) is 6.27. The van der Waals surface area contributed by atoms with E-state index in [2.05, 4.69) is 11.8 Å². The highest BCUT2D eigenvalue weighted by Gasteiger charge is 2.34. The predicted octanol–water partition coefficient (Wildman–Crippen LogP) is 0.0209. The molecule has 2 saturated heterocycles. The van der Waals surface area contributed by atoms with Gasteiger partial charge in [-0.3, -0.25) is 4.90 Å². The summed E-state index contributed by atoms with van der Waals surface area (Å²) >= 11 is 0. The van der Waals surface area contributed by atoms with Gasteiger partial charge in [0.05, 0.1) is 12.7 Å². The Morgan fingerprint density at radius 2 is 2.44 bits per heavy atom. The Balaban J connectivity index is 2.02. The van der Waals surface area contributed by atoms with E-state index >= 15 is 0 Å². The molecule has 52 valence electrons. The summed E-state index contributed by atoms with van der Waals surface area (Å²) in [5.41, 5.74) is 0. The number of ether oxygens (including phenoxy) is 2. The normalized spacial score (nSPS) is 43.7. The Hall–Kier alpha value is -0.120. The van der Waals surface area contributed by atoms with Gasteiger partial charge < -0.3 is 9.47 Å². The smallest absolute Gasteiger partial charge is 0.219 e. The summed E-state index contributed by atoms with van der Waals surface area (Å²) in [5, 5.41) is 0. The highest BCUT2D eigenvalue weighted by Crippen LogP contribution is 2.20. The molecule has 0 aromatic rings. The van der Waals surface area contributed by atoms with Gasteiger partial charge in [0.25, 0.3) is 0 Å². The number of nitrogens with zero attached hydrogens (tertiary/aromatic N) is 1. The number of rotatable bonds is 0. The lowest BCUT2D eigenvalue weighted by molar-refractivity contribution is -0.137. The van der Waals surface area contributed by atoms with Crippen molar-refractivity contribution >= 4 is 0 Å². The summed E-state index contributed by atoms with van der Waals surface area (Å²) in [6.07, 6.45) is 0.343. The van der Waals surface area contributed by atoms with Crippen LogP contribution in [0, 0.1) is 0 Å². The molecule has 0 radical (unpaired) electrons. The van der Waals surface area contributed by atoms with Gasteiger partial charge in [-0.2, -0.15) is 0 Å². The van der Waals surface area contributed by atoms with Crippen molar-refractivity contribution in [2.75, 3.05) is 19.7 Å². The van der Waals surface area contributed by atoms with Crippen LogP contribution in [0.25, 0.3) is 0 Å². The Morgan fingerprint density at radius 1 is 1.56 bits per heavy atom. The third-order valence-electron chi connectivity index (χ3n) is 1.78. The van der Waals surface area contributed by atoms with Gasteiger partial charge in [0, 0.05) is 13.1 Å². The number of fused-ring (bicyclic) bond motifs is 1. The van der Waals surface area contributed by atoms with Gasteiger partial charge in [0.1, 0.15) is 0 Å². The zero-order valence-corrected chi connectivity index (χ0v) is 5.54. The molecule has 0 bridgehead atoms.